The van der Waals surface area contributed by atoms with Crippen LogP contribution in [0.25, 0.3) is 11.3 Å². The molecule has 7 nitrogen and oxygen atoms in total. The fourth-order valence-electron chi connectivity index (χ4n) is 5.01. The van der Waals surface area contributed by atoms with E-state index in [1.54, 1.807) is 17.4 Å². The molecule has 1 aliphatic heterocycles. The molecule has 1 aromatic carbocycles. The molecule has 180 valence electrons. The second-order valence-corrected chi connectivity index (χ2v) is 12.0. The van der Waals surface area contributed by atoms with Crippen molar-refractivity contribution in [2.45, 2.75) is 51.0 Å². The molecular formula is C23H31FN4O3S2. The van der Waals surface area contributed by atoms with Crippen LogP contribution in [-0.2, 0) is 27.8 Å². The number of nitrogens with one attached hydrogen (secondary N) is 2. The van der Waals surface area contributed by atoms with E-state index in [1.165, 1.54) is 20.8 Å². The number of thiazole rings is 1. The van der Waals surface area contributed by atoms with Crippen molar-refractivity contribution in [3.05, 3.63) is 34.5 Å². The fraction of sp³-hybridized carbons (Fsp3) is 0.609. The first-order valence-corrected chi connectivity index (χ1v) is 14.1. The molecule has 0 unspecified atom stereocenters. The zero-order valence-electron chi connectivity index (χ0n) is 18.7. The summed E-state index contributed by atoms with van der Waals surface area (Å²) in [6.07, 6.45) is 6.91. The topological polar surface area (TPSA) is 83.6 Å². The highest BCUT2D eigenvalue weighted by Crippen LogP contribution is 2.38. The number of aromatic nitrogens is 1. The molecule has 5 rings (SSSR count). The van der Waals surface area contributed by atoms with E-state index in [4.69, 9.17) is 9.72 Å². The molecule has 2 aromatic rings. The molecule has 1 saturated heterocycles. The van der Waals surface area contributed by atoms with Crippen molar-refractivity contribution in [3.8, 4) is 11.3 Å². The Hall–Kier alpha value is -1.59. The van der Waals surface area contributed by atoms with Crippen molar-refractivity contribution in [2.24, 2.45) is 5.92 Å². The Labute approximate surface area is 198 Å². The minimum Gasteiger partial charge on any atom is -0.379 e. The molecular weight excluding hydrogens is 463 g/mol. The molecule has 2 heterocycles. The lowest BCUT2D eigenvalue weighted by Gasteiger charge is -2.30. The molecule has 3 aliphatic rings. The minimum atomic E-state index is -3.42. The number of anilines is 1. The Bertz CT molecular complexity index is 1080. The van der Waals surface area contributed by atoms with E-state index in [0.717, 1.165) is 61.3 Å². The minimum absolute atomic E-state index is 0.216. The van der Waals surface area contributed by atoms with E-state index in [9.17, 15) is 12.8 Å². The Morgan fingerprint density at radius 1 is 1.15 bits per heavy atom. The van der Waals surface area contributed by atoms with Crippen molar-refractivity contribution in [1.82, 2.24) is 14.0 Å². The molecule has 2 N–H and O–H groups in total. The molecule has 0 radical (unpaired) electrons. The monoisotopic (exact) mass is 494 g/mol. The van der Waals surface area contributed by atoms with Gasteiger partial charge in [0.15, 0.2) is 5.13 Å². The molecule has 2 aliphatic carbocycles. The van der Waals surface area contributed by atoms with Gasteiger partial charge in [-0.15, -0.1) is 11.3 Å². The van der Waals surface area contributed by atoms with E-state index in [2.05, 4.69) is 10.0 Å². The van der Waals surface area contributed by atoms with E-state index >= 15 is 0 Å². The number of morpholine rings is 1. The summed E-state index contributed by atoms with van der Waals surface area (Å²) in [5.74, 6) is 0.133. The molecule has 1 aromatic heterocycles. The van der Waals surface area contributed by atoms with Gasteiger partial charge in [0.1, 0.15) is 5.82 Å². The fourth-order valence-corrected chi connectivity index (χ4v) is 7.36. The van der Waals surface area contributed by atoms with E-state index in [-0.39, 0.29) is 5.82 Å². The number of halogens is 1. The maximum atomic E-state index is 13.9. The van der Waals surface area contributed by atoms with Crippen molar-refractivity contribution in [2.75, 3.05) is 38.2 Å². The van der Waals surface area contributed by atoms with Crippen LogP contribution >= 0.6 is 11.3 Å². The Kier molecular flexibility index (Phi) is 6.99. The van der Waals surface area contributed by atoms with Gasteiger partial charge in [-0.3, -0.25) is 0 Å². The van der Waals surface area contributed by atoms with Gasteiger partial charge in [0.05, 0.1) is 18.9 Å². The zero-order valence-corrected chi connectivity index (χ0v) is 20.3. The number of hydrogen-bond acceptors (Lipinski definition) is 6. The van der Waals surface area contributed by atoms with E-state index in [0.29, 0.717) is 44.8 Å². The van der Waals surface area contributed by atoms with Crippen LogP contribution in [0.3, 0.4) is 0 Å². The number of ether oxygens (including phenoxy) is 1. The van der Waals surface area contributed by atoms with Gasteiger partial charge in [-0.2, -0.15) is 12.7 Å². The smallest absolute Gasteiger partial charge is 0.279 e. The third kappa shape index (κ3) is 5.40. The molecule has 33 heavy (non-hydrogen) atoms. The quantitative estimate of drug-likeness (QED) is 0.642. The van der Waals surface area contributed by atoms with E-state index in [1.807, 2.05) is 6.07 Å². The largest absolute Gasteiger partial charge is 0.379 e. The van der Waals surface area contributed by atoms with Gasteiger partial charge in [-0.25, -0.2) is 14.1 Å². The maximum Gasteiger partial charge on any atom is 0.279 e. The van der Waals surface area contributed by atoms with Crippen molar-refractivity contribution in [1.29, 1.82) is 0 Å². The molecule has 0 atom stereocenters. The molecule has 10 heteroatoms. The van der Waals surface area contributed by atoms with Crippen molar-refractivity contribution in [3.63, 3.8) is 0 Å². The summed E-state index contributed by atoms with van der Waals surface area (Å²) in [6, 6.07) is 5.38. The standard InChI is InChI=1S/C23H31FN4O3S2/c24-18-7-6-17-2-1-3-21-22(20(17)14-18)27-23(32-21)26-19-8-4-16(5-9-19)15-25-33(29,30)28-10-12-31-13-11-28/h6-7,14,16,19,25H,1-5,8-13,15H2,(H,26,27). The zero-order chi connectivity index (χ0) is 22.8. The van der Waals surface area contributed by atoms with Crippen LogP contribution in [0.2, 0.25) is 0 Å². The van der Waals surface area contributed by atoms with Gasteiger partial charge in [-0.1, -0.05) is 6.07 Å². The van der Waals surface area contributed by atoms with Crippen LogP contribution in [-0.4, -0.2) is 56.6 Å². The third-order valence-electron chi connectivity index (χ3n) is 6.91. The summed E-state index contributed by atoms with van der Waals surface area (Å²) in [6.45, 7) is 2.24. The lowest BCUT2D eigenvalue weighted by Crippen LogP contribution is -2.47. The van der Waals surface area contributed by atoms with Gasteiger partial charge in [-0.05, 0) is 68.6 Å². The van der Waals surface area contributed by atoms with Crippen LogP contribution in [0.1, 0.15) is 42.5 Å². The van der Waals surface area contributed by atoms with Gasteiger partial charge in [0, 0.05) is 36.1 Å². The highest BCUT2D eigenvalue weighted by molar-refractivity contribution is 7.87. The summed E-state index contributed by atoms with van der Waals surface area (Å²) >= 11 is 1.69. The lowest BCUT2D eigenvalue weighted by molar-refractivity contribution is 0.0724. The van der Waals surface area contributed by atoms with Crippen LogP contribution in [0, 0.1) is 11.7 Å². The molecule has 0 amide bonds. The van der Waals surface area contributed by atoms with Crippen LogP contribution < -0.4 is 10.0 Å². The van der Waals surface area contributed by atoms with Crippen LogP contribution in [0.4, 0.5) is 9.52 Å². The number of hydrogen-bond donors (Lipinski definition) is 2. The summed E-state index contributed by atoms with van der Waals surface area (Å²) in [5, 5.41) is 4.51. The van der Waals surface area contributed by atoms with Crippen molar-refractivity contribution < 1.29 is 17.5 Å². The lowest BCUT2D eigenvalue weighted by atomic mass is 9.86. The average molecular weight is 495 g/mol. The van der Waals surface area contributed by atoms with Gasteiger partial charge < -0.3 is 10.1 Å². The summed E-state index contributed by atoms with van der Waals surface area (Å²) in [7, 11) is -3.42. The molecule has 1 saturated carbocycles. The Morgan fingerprint density at radius 2 is 1.94 bits per heavy atom. The first kappa shape index (κ1) is 23.2. The normalized spacial score (nSPS) is 24.0. The van der Waals surface area contributed by atoms with Crippen molar-refractivity contribution >= 4 is 26.7 Å². The Morgan fingerprint density at radius 3 is 2.73 bits per heavy atom. The number of nitrogens with zero attached hydrogens (tertiary/aromatic N) is 2. The summed E-state index contributed by atoms with van der Waals surface area (Å²) in [4.78, 5) is 6.09. The van der Waals surface area contributed by atoms with Gasteiger partial charge >= 0.3 is 0 Å². The molecule has 2 fully saturated rings. The van der Waals surface area contributed by atoms with E-state index < -0.39 is 10.2 Å². The number of rotatable bonds is 6. The third-order valence-corrected chi connectivity index (χ3v) is 9.54. The first-order valence-electron chi connectivity index (χ1n) is 11.9. The second-order valence-electron chi connectivity index (χ2n) is 9.17. The first-order chi connectivity index (χ1) is 16.0. The predicted molar refractivity (Wildman–Crippen MR) is 128 cm³/mol. The second kappa shape index (κ2) is 9.95. The molecule has 0 spiro atoms. The number of benzene rings is 1. The summed E-state index contributed by atoms with van der Waals surface area (Å²) < 4.78 is 48.4. The number of aryl methyl sites for hydroxylation is 2. The summed E-state index contributed by atoms with van der Waals surface area (Å²) in [5.41, 5.74) is 3.04. The van der Waals surface area contributed by atoms with Crippen LogP contribution in [0.15, 0.2) is 18.2 Å². The SMILES string of the molecule is O=S(=O)(NCC1CCC(Nc2nc3c(s2)CCCc2ccc(F)cc2-3)CC1)N1CCOCC1. The Balaban J connectivity index is 1.15. The predicted octanol–water partition coefficient (Wildman–Crippen LogP) is 3.58. The maximum absolute atomic E-state index is 13.9. The molecule has 0 bridgehead atoms. The average Bonchev–Trinajstić information content (AvgIpc) is 3.14. The highest BCUT2D eigenvalue weighted by atomic mass is 32.2. The van der Waals surface area contributed by atoms with Gasteiger partial charge in [0.25, 0.3) is 10.2 Å². The van der Waals surface area contributed by atoms with Gasteiger partial charge in [0.2, 0.25) is 0 Å². The number of fused-ring (bicyclic) bond motifs is 3. The van der Waals surface area contributed by atoms with Crippen LogP contribution in [0.5, 0.6) is 0 Å². The highest BCUT2D eigenvalue weighted by Gasteiger charge is 2.28.